The van der Waals surface area contributed by atoms with Crippen molar-refractivity contribution in [2.45, 2.75) is 57.5 Å². The van der Waals surface area contributed by atoms with Crippen molar-refractivity contribution in [3.8, 4) is 0 Å². The molecule has 1 unspecified atom stereocenters. The number of aryl methyl sites for hydroxylation is 1. The molecule has 0 bridgehead atoms. The summed E-state index contributed by atoms with van der Waals surface area (Å²) in [5.74, 6) is 7.78. The number of rotatable bonds is 4. The predicted molar refractivity (Wildman–Crippen MR) is 78.2 cm³/mol. The fourth-order valence-electron chi connectivity index (χ4n) is 3.64. The number of anilines is 1. The first-order chi connectivity index (χ1) is 9.83. The van der Waals surface area contributed by atoms with Gasteiger partial charge in [-0.05, 0) is 38.0 Å². The summed E-state index contributed by atoms with van der Waals surface area (Å²) < 4.78 is 5.74. The summed E-state index contributed by atoms with van der Waals surface area (Å²) >= 11 is 0. The van der Waals surface area contributed by atoms with E-state index in [1.54, 1.807) is 7.11 Å². The lowest BCUT2D eigenvalue weighted by Gasteiger charge is -2.28. The molecule has 1 heterocycles. The molecular formula is C15H24N4O. The number of methoxy groups -OCH3 is 1. The van der Waals surface area contributed by atoms with E-state index in [0.717, 1.165) is 36.6 Å². The van der Waals surface area contributed by atoms with Gasteiger partial charge in [-0.3, -0.25) is 0 Å². The van der Waals surface area contributed by atoms with Crippen molar-refractivity contribution < 1.29 is 4.74 Å². The van der Waals surface area contributed by atoms with Crippen molar-refractivity contribution in [1.29, 1.82) is 0 Å². The number of nitrogen functional groups attached to an aromatic ring is 1. The maximum atomic E-state index is 5.74. The zero-order chi connectivity index (χ0) is 13.9. The number of nitrogens with zero attached hydrogens (tertiary/aromatic N) is 2. The number of nitrogens with two attached hydrogens (primary N) is 1. The van der Waals surface area contributed by atoms with E-state index in [9.17, 15) is 0 Å². The van der Waals surface area contributed by atoms with Gasteiger partial charge in [-0.25, -0.2) is 15.8 Å². The zero-order valence-electron chi connectivity index (χ0n) is 12.2. The van der Waals surface area contributed by atoms with Crippen LogP contribution in [0.15, 0.2) is 0 Å². The van der Waals surface area contributed by atoms with Gasteiger partial charge in [0.05, 0.1) is 0 Å². The lowest BCUT2D eigenvalue weighted by molar-refractivity contribution is 0.0289. The van der Waals surface area contributed by atoms with E-state index < -0.39 is 0 Å². The standard InChI is InChI=1S/C15H24N4O/c1-20-13(10-6-3-2-4-7-10)15-17-12-9-5-8-11(12)14(18-15)19-16/h10,13H,2-9,16H2,1H3,(H,17,18,19). The van der Waals surface area contributed by atoms with Gasteiger partial charge < -0.3 is 10.2 Å². The first kappa shape index (κ1) is 13.8. The van der Waals surface area contributed by atoms with E-state index in [1.807, 2.05) is 0 Å². The van der Waals surface area contributed by atoms with E-state index in [4.69, 9.17) is 15.6 Å². The van der Waals surface area contributed by atoms with Crippen LogP contribution in [-0.4, -0.2) is 17.1 Å². The molecule has 1 fully saturated rings. The molecule has 1 aromatic rings. The molecule has 2 aliphatic rings. The van der Waals surface area contributed by atoms with Gasteiger partial charge in [-0.2, -0.15) is 0 Å². The summed E-state index contributed by atoms with van der Waals surface area (Å²) in [5, 5.41) is 0. The Morgan fingerprint density at radius 1 is 1.15 bits per heavy atom. The van der Waals surface area contributed by atoms with Gasteiger partial charge in [0.15, 0.2) is 5.82 Å². The second-order valence-electron chi connectivity index (χ2n) is 5.91. The Morgan fingerprint density at radius 2 is 1.95 bits per heavy atom. The van der Waals surface area contributed by atoms with E-state index in [2.05, 4.69) is 10.4 Å². The molecule has 5 heteroatoms. The second-order valence-corrected chi connectivity index (χ2v) is 5.91. The number of hydrogen-bond donors (Lipinski definition) is 2. The smallest absolute Gasteiger partial charge is 0.160 e. The van der Waals surface area contributed by atoms with Gasteiger partial charge in [-0.15, -0.1) is 0 Å². The lowest BCUT2D eigenvalue weighted by atomic mass is 9.85. The van der Waals surface area contributed by atoms with Gasteiger partial charge in [0.1, 0.15) is 11.9 Å². The SMILES string of the molecule is COC(c1nc2c(c(NN)n1)CCC2)C1CCCCC1. The molecule has 0 saturated heterocycles. The van der Waals surface area contributed by atoms with E-state index >= 15 is 0 Å². The second kappa shape index (κ2) is 6.06. The van der Waals surface area contributed by atoms with Crippen LogP contribution >= 0.6 is 0 Å². The topological polar surface area (TPSA) is 73.1 Å². The molecule has 0 aliphatic heterocycles. The van der Waals surface area contributed by atoms with Crippen LogP contribution in [0.5, 0.6) is 0 Å². The van der Waals surface area contributed by atoms with E-state index in [0.29, 0.717) is 5.92 Å². The monoisotopic (exact) mass is 276 g/mol. The van der Waals surface area contributed by atoms with Gasteiger partial charge in [0.2, 0.25) is 0 Å². The maximum Gasteiger partial charge on any atom is 0.160 e. The molecule has 1 aromatic heterocycles. The van der Waals surface area contributed by atoms with Crippen molar-refractivity contribution >= 4 is 5.82 Å². The molecule has 5 nitrogen and oxygen atoms in total. The van der Waals surface area contributed by atoms with Crippen molar-refractivity contribution in [2.24, 2.45) is 11.8 Å². The largest absolute Gasteiger partial charge is 0.373 e. The molecule has 1 atom stereocenters. The highest BCUT2D eigenvalue weighted by atomic mass is 16.5. The van der Waals surface area contributed by atoms with Crippen LogP contribution in [-0.2, 0) is 17.6 Å². The fraction of sp³-hybridized carbons (Fsp3) is 0.733. The molecule has 3 rings (SSSR count). The fourth-order valence-corrected chi connectivity index (χ4v) is 3.64. The molecule has 0 radical (unpaired) electrons. The Kier molecular flexibility index (Phi) is 4.17. The summed E-state index contributed by atoms with van der Waals surface area (Å²) in [6, 6.07) is 0. The van der Waals surface area contributed by atoms with Crippen molar-refractivity contribution in [2.75, 3.05) is 12.5 Å². The van der Waals surface area contributed by atoms with Gasteiger partial charge in [0, 0.05) is 18.4 Å². The van der Waals surface area contributed by atoms with Crippen LogP contribution in [0.4, 0.5) is 5.82 Å². The summed E-state index contributed by atoms with van der Waals surface area (Å²) in [7, 11) is 1.77. The number of fused-ring (bicyclic) bond motifs is 1. The number of hydrogen-bond acceptors (Lipinski definition) is 5. The Bertz CT molecular complexity index is 471. The van der Waals surface area contributed by atoms with E-state index in [1.165, 1.54) is 37.7 Å². The summed E-state index contributed by atoms with van der Waals surface area (Å²) in [4.78, 5) is 9.41. The van der Waals surface area contributed by atoms with Gasteiger partial charge in [-0.1, -0.05) is 19.3 Å². The molecule has 110 valence electrons. The Balaban J connectivity index is 1.91. The molecular weight excluding hydrogens is 252 g/mol. The average Bonchev–Trinajstić information content (AvgIpc) is 2.97. The Labute approximate surface area is 120 Å². The third-order valence-electron chi connectivity index (χ3n) is 4.67. The summed E-state index contributed by atoms with van der Waals surface area (Å²) in [5.41, 5.74) is 5.09. The number of nitrogens with one attached hydrogen (secondary N) is 1. The van der Waals surface area contributed by atoms with E-state index in [-0.39, 0.29) is 6.10 Å². The summed E-state index contributed by atoms with van der Waals surface area (Å²) in [6.07, 6.45) is 9.55. The maximum absolute atomic E-state index is 5.74. The van der Waals surface area contributed by atoms with Crippen molar-refractivity contribution in [3.05, 3.63) is 17.1 Å². The molecule has 2 aliphatic carbocycles. The number of hydrazine groups is 1. The minimum Gasteiger partial charge on any atom is -0.373 e. The molecule has 0 spiro atoms. The quantitative estimate of drug-likeness (QED) is 0.653. The zero-order valence-corrected chi connectivity index (χ0v) is 12.2. The average molecular weight is 276 g/mol. The number of aromatic nitrogens is 2. The van der Waals surface area contributed by atoms with Crippen LogP contribution in [0.3, 0.4) is 0 Å². The van der Waals surface area contributed by atoms with Crippen LogP contribution < -0.4 is 11.3 Å². The predicted octanol–water partition coefficient (Wildman–Crippen LogP) is 2.52. The molecule has 0 amide bonds. The minimum atomic E-state index is 0.00769. The molecule has 20 heavy (non-hydrogen) atoms. The van der Waals surface area contributed by atoms with Gasteiger partial charge in [0.25, 0.3) is 0 Å². The van der Waals surface area contributed by atoms with Crippen LogP contribution in [0.25, 0.3) is 0 Å². The van der Waals surface area contributed by atoms with Crippen molar-refractivity contribution in [1.82, 2.24) is 9.97 Å². The van der Waals surface area contributed by atoms with Crippen LogP contribution in [0.2, 0.25) is 0 Å². The van der Waals surface area contributed by atoms with Crippen molar-refractivity contribution in [3.63, 3.8) is 0 Å². The third kappa shape index (κ3) is 2.52. The summed E-state index contributed by atoms with van der Waals surface area (Å²) in [6.45, 7) is 0. The highest BCUT2D eigenvalue weighted by Gasteiger charge is 2.29. The highest BCUT2D eigenvalue weighted by molar-refractivity contribution is 5.48. The molecule has 0 aromatic carbocycles. The third-order valence-corrected chi connectivity index (χ3v) is 4.67. The number of ether oxygens (including phenoxy) is 1. The Morgan fingerprint density at radius 3 is 2.65 bits per heavy atom. The Hall–Kier alpha value is -1.20. The highest BCUT2D eigenvalue weighted by Crippen LogP contribution is 2.37. The van der Waals surface area contributed by atoms with Crippen LogP contribution in [0.1, 0.15) is 61.7 Å². The first-order valence-electron chi connectivity index (χ1n) is 7.72. The van der Waals surface area contributed by atoms with Gasteiger partial charge >= 0.3 is 0 Å². The molecule has 3 N–H and O–H groups in total. The first-order valence-corrected chi connectivity index (χ1v) is 7.72. The normalized spacial score (nSPS) is 20.7. The lowest BCUT2D eigenvalue weighted by Crippen LogP contribution is -2.22. The van der Waals surface area contributed by atoms with Crippen LogP contribution in [0, 0.1) is 5.92 Å². The minimum absolute atomic E-state index is 0.00769. The molecule has 1 saturated carbocycles.